The van der Waals surface area contributed by atoms with Gasteiger partial charge in [-0.15, -0.1) is 0 Å². The molecule has 1 saturated carbocycles. The molecule has 1 aromatic rings. The van der Waals surface area contributed by atoms with E-state index >= 15 is 0 Å². The lowest BCUT2D eigenvalue weighted by Gasteiger charge is -2.18. The molecule has 114 valence electrons. The van der Waals surface area contributed by atoms with E-state index in [2.05, 4.69) is 21.2 Å². The maximum absolute atomic E-state index is 12.4. The number of halogens is 1. The Hall–Kier alpha value is -1.56. The van der Waals surface area contributed by atoms with Gasteiger partial charge in [-0.3, -0.25) is 9.59 Å². The van der Waals surface area contributed by atoms with Gasteiger partial charge in [0.25, 0.3) is 0 Å². The van der Waals surface area contributed by atoms with Crippen LogP contribution in [0.4, 0.5) is 5.69 Å². The standard InChI is InChI=1S/C15H18BrNO4/c1-8-6-9(16)7-12(21-2)13(8)17-14(18)10-4-3-5-11(10)15(19)20/h6-7,10-11H,3-5H2,1-2H3,(H,17,18)(H,19,20)/t10-,11+/m1/s1. The smallest absolute Gasteiger partial charge is 0.307 e. The Balaban J connectivity index is 2.22. The highest BCUT2D eigenvalue weighted by Crippen LogP contribution is 2.36. The highest BCUT2D eigenvalue weighted by atomic mass is 79.9. The molecule has 1 amide bonds. The Morgan fingerprint density at radius 3 is 2.62 bits per heavy atom. The van der Waals surface area contributed by atoms with Gasteiger partial charge >= 0.3 is 5.97 Å². The predicted octanol–water partition coefficient (Wildman–Crippen LogP) is 3.21. The molecule has 1 aliphatic carbocycles. The summed E-state index contributed by atoms with van der Waals surface area (Å²) in [6, 6.07) is 3.65. The number of carbonyl (C=O) groups excluding carboxylic acids is 1. The van der Waals surface area contributed by atoms with Crippen molar-refractivity contribution in [2.75, 3.05) is 12.4 Å². The molecular weight excluding hydrogens is 338 g/mol. The number of carbonyl (C=O) groups is 2. The Kier molecular flexibility index (Phi) is 4.88. The first-order valence-electron chi connectivity index (χ1n) is 6.82. The number of nitrogens with one attached hydrogen (secondary N) is 1. The maximum atomic E-state index is 12.4. The Labute approximate surface area is 131 Å². The average molecular weight is 356 g/mol. The minimum absolute atomic E-state index is 0.247. The van der Waals surface area contributed by atoms with Crippen LogP contribution in [0.5, 0.6) is 5.75 Å². The fourth-order valence-electron chi connectivity index (χ4n) is 2.82. The number of hydrogen-bond donors (Lipinski definition) is 2. The molecule has 1 aromatic carbocycles. The van der Waals surface area contributed by atoms with Gasteiger partial charge < -0.3 is 15.2 Å². The fraction of sp³-hybridized carbons (Fsp3) is 0.467. The minimum atomic E-state index is -0.896. The summed E-state index contributed by atoms with van der Waals surface area (Å²) in [4.78, 5) is 23.6. The molecule has 0 aliphatic heterocycles. The predicted molar refractivity (Wildman–Crippen MR) is 82.5 cm³/mol. The lowest BCUT2D eigenvalue weighted by Crippen LogP contribution is -2.30. The van der Waals surface area contributed by atoms with E-state index < -0.39 is 17.8 Å². The molecule has 2 atom stereocenters. The third-order valence-electron chi connectivity index (χ3n) is 3.90. The van der Waals surface area contributed by atoms with Gasteiger partial charge in [0.15, 0.2) is 0 Å². The number of carboxylic acids is 1. The summed E-state index contributed by atoms with van der Waals surface area (Å²) >= 11 is 3.38. The zero-order chi connectivity index (χ0) is 15.6. The number of rotatable bonds is 4. The molecule has 1 aliphatic rings. The largest absolute Gasteiger partial charge is 0.495 e. The van der Waals surface area contributed by atoms with Crippen molar-refractivity contribution in [1.82, 2.24) is 0 Å². The van der Waals surface area contributed by atoms with Crippen molar-refractivity contribution in [2.24, 2.45) is 11.8 Å². The first-order chi connectivity index (χ1) is 9.93. The molecule has 0 saturated heterocycles. The number of aryl methyl sites for hydroxylation is 1. The number of benzene rings is 1. The lowest BCUT2D eigenvalue weighted by molar-refractivity contribution is -0.145. The van der Waals surface area contributed by atoms with Crippen LogP contribution >= 0.6 is 15.9 Å². The average Bonchev–Trinajstić information content (AvgIpc) is 2.90. The van der Waals surface area contributed by atoms with E-state index in [1.54, 1.807) is 6.07 Å². The molecule has 0 radical (unpaired) electrons. The number of methoxy groups -OCH3 is 1. The molecule has 0 spiro atoms. The summed E-state index contributed by atoms with van der Waals surface area (Å²) in [5.74, 6) is -1.65. The van der Waals surface area contributed by atoms with E-state index in [9.17, 15) is 14.7 Å². The van der Waals surface area contributed by atoms with Crippen molar-refractivity contribution in [2.45, 2.75) is 26.2 Å². The summed E-state index contributed by atoms with van der Waals surface area (Å²) in [7, 11) is 1.53. The molecule has 5 nitrogen and oxygen atoms in total. The van der Waals surface area contributed by atoms with Gasteiger partial charge in [-0.2, -0.15) is 0 Å². The van der Waals surface area contributed by atoms with Crippen LogP contribution in [0, 0.1) is 18.8 Å². The number of anilines is 1. The second-order valence-electron chi connectivity index (χ2n) is 5.27. The van der Waals surface area contributed by atoms with Crippen LogP contribution in [-0.2, 0) is 9.59 Å². The van der Waals surface area contributed by atoms with Gasteiger partial charge in [-0.1, -0.05) is 22.4 Å². The quantitative estimate of drug-likeness (QED) is 0.869. The molecule has 2 rings (SSSR count). The van der Waals surface area contributed by atoms with E-state index in [1.165, 1.54) is 7.11 Å². The summed E-state index contributed by atoms with van der Waals surface area (Å²) in [5.41, 5.74) is 1.46. The summed E-state index contributed by atoms with van der Waals surface area (Å²) in [6.45, 7) is 1.87. The molecule has 0 heterocycles. The SMILES string of the molecule is COc1cc(Br)cc(C)c1NC(=O)[C@@H]1CCC[C@@H]1C(=O)O. The number of ether oxygens (including phenoxy) is 1. The van der Waals surface area contributed by atoms with Gasteiger partial charge in [0.1, 0.15) is 5.75 Å². The molecule has 0 unspecified atom stereocenters. The Bertz CT molecular complexity index is 573. The normalized spacial score (nSPS) is 21.1. The van der Waals surface area contributed by atoms with Crippen molar-refractivity contribution in [3.63, 3.8) is 0 Å². The van der Waals surface area contributed by atoms with Gasteiger partial charge in [-0.25, -0.2) is 0 Å². The van der Waals surface area contributed by atoms with Crippen LogP contribution in [0.25, 0.3) is 0 Å². The number of hydrogen-bond acceptors (Lipinski definition) is 3. The van der Waals surface area contributed by atoms with Crippen LogP contribution in [-0.4, -0.2) is 24.1 Å². The van der Waals surface area contributed by atoms with Crippen LogP contribution < -0.4 is 10.1 Å². The second-order valence-corrected chi connectivity index (χ2v) is 6.19. The highest BCUT2D eigenvalue weighted by Gasteiger charge is 2.38. The van der Waals surface area contributed by atoms with Crippen molar-refractivity contribution in [3.8, 4) is 5.75 Å². The fourth-order valence-corrected chi connectivity index (χ4v) is 3.37. The number of aliphatic carboxylic acids is 1. The third kappa shape index (κ3) is 3.37. The van der Waals surface area contributed by atoms with E-state index in [1.807, 2.05) is 13.0 Å². The number of amides is 1. The number of carboxylic acid groups (broad SMARTS) is 1. The van der Waals surface area contributed by atoms with E-state index in [0.717, 1.165) is 16.5 Å². The van der Waals surface area contributed by atoms with Crippen LogP contribution in [0.1, 0.15) is 24.8 Å². The topological polar surface area (TPSA) is 75.6 Å². The molecular formula is C15H18BrNO4. The summed E-state index contributed by atoms with van der Waals surface area (Å²) in [6.07, 6.45) is 1.94. The molecule has 2 N–H and O–H groups in total. The monoisotopic (exact) mass is 355 g/mol. The van der Waals surface area contributed by atoms with Crippen molar-refractivity contribution < 1.29 is 19.4 Å². The Morgan fingerprint density at radius 1 is 1.33 bits per heavy atom. The van der Waals surface area contributed by atoms with Crippen molar-refractivity contribution in [1.29, 1.82) is 0 Å². The summed E-state index contributed by atoms with van der Waals surface area (Å²) in [5, 5.41) is 12.0. The van der Waals surface area contributed by atoms with Gasteiger partial charge in [-0.05, 0) is 37.5 Å². The lowest BCUT2D eigenvalue weighted by atomic mass is 9.95. The highest BCUT2D eigenvalue weighted by molar-refractivity contribution is 9.10. The molecule has 6 heteroatoms. The Morgan fingerprint density at radius 2 is 2.00 bits per heavy atom. The first kappa shape index (κ1) is 15.8. The molecule has 21 heavy (non-hydrogen) atoms. The third-order valence-corrected chi connectivity index (χ3v) is 4.36. The maximum Gasteiger partial charge on any atom is 0.307 e. The van der Waals surface area contributed by atoms with Gasteiger partial charge in [0.05, 0.1) is 24.6 Å². The van der Waals surface area contributed by atoms with Gasteiger partial charge in [0.2, 0.25) is 5.91 Å². The van der Waals surface area contributed by atoms with E-state index in [-0.39, 0.29) is 5.91 Å². The molecule has 0 aromatic heterocycles. The molecule has 0 bridgehead atoms. The summed E-state index contributed by atoms with van der Waals surface area (Å²) < 4.78 is 6.14. The van der Waals surface area contributed by atoms with Crippen molar-refractivity contribution >= 4 is 33.5 Å². The van der Waals surface area contributed by atoms with Crippen molar-refractivity contribution in [3.05, 3.63) is 22.2 Å². The van der Waals surface area contributed by atoms with Crippen LogP contribution in [0.2, 0.25) is 0 Å². The molecule has 1 fully saturated rings. The van der Waals surface area contributed by atoms with Gasteiger partial charge in [0, 0.05) is 4.47 Å². The zero-order valence-electron chi connectivity index (χ0n) is 12.0. The van der Waals surface area contributed by atoms with Crippen LogP contribution in [0.3, 0.4) is 0 Å². The van der Waals surface area contributed by atoms with E-state index in [4.69, 9.17) is 4.74 Å². The zero-order valence-corrected chi connectivity index (χ0v) is 13.6. The van der Waals surface area contributed by atoms with E-state index in [0.29, 0.717) is 24.3 Å². The minimum Gasteiger partial charge on any atom is -0.495 e. The first-order valence-corrected chi connectivity index (χ1v) is 7.61. The second kappa shape index (κ2) is 6.47. The van der Waals surface area contributed by atoms with Crippen LogP contribution in [0.15, 0.2) is 16.6 Å².